The molecule has 168 valence electrons. The number of nitrogens with zero attached hydrogens (tertiary/aromatic N) is 3. The van der Waals surface area contributed by atoms with Crippen molar-refractivity contribution in [2.45, 2.75) is 18.9 Å². The lowest BCUT2D eigenvalue weighted by molar-refractivity contribution is -0.384. The van der Waals surface area contributed by atoms with Gasteiger partial charge in [-0.3, -0.25) is 15.1 Å². The van der Waals surface area contributed by atoms with E-state index in [9.17, 15) is 14.9 Å². The number of hydrogen-bond acceptors (Lipinski definition) is 7. The molecular weight excluding hydrogens is 422 g/mol. The highest BCUT2D eigenvalue weighted by atomic mass is 16.6. The molecule has 3 fully saturated rings. The number of rotatable bonds is 5. The number of nitro benzene ring substituents is 1. The summed E-state index contributed by atoms with van der Waals surface area (Å²) in [6.45, 7) is 1.85. The summed E-state index contributed by atoms with van der Waals surface area (Å²) in [5, 5.41) is 11.9. The second-order valence-electron chi connectivity index (χ2n) is 8.31. The van der Waals surface area contributed by atoms with Crippen LogP contribution in [0, 0.1) is 16.0 Å². The summed E-state index contributed by atoms with van der Waals surface area (Å²) >= 11 is 0. The molecule has 6 rings (SSSR count). The van der Waals surface area contributed by atoms with Gasteiger partial charge in [-0.2, -0.15) is 0 Å². The maximum Gasteiger partial charge on any atom is 0.338 e. The molecule has 3 aliphatic heterocycles. The van der Waals surface area contributed by atoms with Crippen molar-refractivity contribution < 1.29 is 19.2 Å². The fourth-order valence-electron chi connectivity index (χ4n) is 4.67. The normalized spacial score (nSPS) is 20.8. The average molecular weight is 445 g/mol. The van der Waals surface area contributed by atoms with Gasteiger partial charge in [0.2, 0.25) is 0 Å². The van der Waals surface area contributed by atoms with Crippen LogP contribution in [0.4, 0.5) is 5.69 Å². The quantitative estimate of drug-likeness (QED) is 0.325. The van der Waals surface area contributed by atoms with E-state index >= 15 is 0 Å². The number of methoxy groups -OCH3 is 1. The van der Waals surface area contributed by atoms with Crippen molar-refractivity contribution >= 4 is 28.6 Å². The maximum atomic E-state index is 12.9. The fraction of sp³-hybridized carbons (Fsp3) is 0.280. The summed E-state index contributed by atoms with van der Waals surface area (Å²) in [5.41, 5.74) is 3.06. The van der Waals surface area contributed by atoms with Crippen LogP contribution < -0.4 is 4.74 Å². The maximum absolute atomic E-state index is 12.9. The number of piperidine rings is 3. The van der Waals surface area contributed by atoms with Gasteiger partial charge in [0.05, 0.1) is 28.8 Å². The Labute approximate surface area is 190 Å². The van der Waals surface area contributed by atoms with Crippen molar-refractivity contribution in [2.75, 3.05) is 20.2 Å². The summed E-state index contributed by atoms with van der Waals surface area (Å²) < 4.78 is 11.4. The summed E-state index contributed by atoms with van der Waals surface area (Å²) in [7, 11) is 1.63. The van der Waals surface area contributed by atoms with Gasteiger partial charge in [0, 0.05) is 42.7 Å². The third kappa shape index (κ3) is 4.00. The van der Waals surface area contributed by atoms with Crippen LogP contribution in [-0.2, 0) is 4.74 Å². The van der Waals surface area contributed by atoms with E-state index in [1.807, 2.05) is 24.3 Å². The number of nitro groups is 1. The van der Waals surface area contributed by atoms with Crippen molar-refractivity contribution in [3.63, 3.8) is 0 Å². The zero-order chi connectivity index (χ0) is 22.9. The number of aromatic nitrogens is 1. The van der Waals surface area contributed by atoms with Crippen molar-refractivity contribution in [2.24, 2.45) is 5.92 Å². The van der Waals surface area contributed by atoms with Crippen LogP contribution in [0.2, 0.25) is 0 Å². The van der Waals surface area contributed by atoms with E-state index < -0.39 is 10.9 Å². The van der Waals surface area contributed by atoms with E-state index in [1.165, 1.54) is 24.3 Å². The summed E-state index contributed by atoms with van der Waals surface area (Å²) in [6.07, 6.45) is 5.41. The molecule has 4 heterocycles. The first-order valence-electron chi connectivity index (χ1n) is 10.9. The lowest BCUT2D eigenvalue weighted by Crippen LogP contribution is -2.50. The van der Waals surface area contributed by atoms with Crippen molar-refractivity contribution in [1.29, 1.82) is 0 Å². The molecule has 2 aromatic carbocycles. The summed E-state index contributed by atoms with van der Waals surface area (Å²) in [5.74, 6) is 0.517. The Bertz CT molecular complexity index is 1250. The number of pyridine rings is 1. The van der Waals surface area contributed by atoms with Gasteiger partial charge in [-0.15, -0.1) is 0 Å². The number of benzene rings is 2. The largest absolute Gasteiger partial charge is 0.497 e. The third-order valence-corrected chi connectivity index (χ3v) is 6.46. The predicted molar refractivity (Wildman–Crippen MR) is 123 cm³/mol. The molecule has 1 aromatic heterocycles. The predicted octanol–water partition coefficient (Wildman–Crippen LogP) is 4.44. The van der Waals surface area contributed by atoms with Gasteiger partial charge in [-0.05, 0) is 60.9 Å². The molecule has 0 aliphatic carbocycles. The number of ether oxygens (including phenoxy) is 2. The number of carbonyl (C=O) groups excluding carboxylic acids is 1. The van der Waals surface area contributed by atoms with Crippen molar-refractivity contribution in [1.82, 2.24) is 9.88 Å². The minimum absolute atomic E-state index is 0.0602. The molecule has 0 N–H and O–H groups in total. The summed E-state index contributed by atoms with van der Waals surface area (Å²) in [6, 6.07) is 13.2. The molecule has 8 nitrogen and oxygen atoms in total. The standard InChI is InChI=1S/C25H23N3O5/c1-32-20-6-7-22-21(15-20)18(8-11-26-22)14-23-24(16-9-12-27(23)13-10-16)33-25(29)17-2-4-19(5-3-17)28(30)31/h2-8,11,14-16,24H,9-10,12-13H2,1H3/b23-14+/t24-/m1/s1. The van der Waals surface area contributed by atoms with E-state index in [-0.39, 0.29) is 17.7 Å². The van der Waals surface area contributed by atoms with Gasteiger partial charge >= 0.3 is 5.97 Å². The van der Waals surface area contributed by atoms with E-state index in [0.29, 0.717) is 5.56 Å². The summed E-state index contributed by atoms with van der Waals surface area (Å²) in [4.78, 5) is 30.0. The zero-order valence-electron chi connectivity index (χ0n) is 18.1. The van der Waals surface area contributed by atoms with Crippen molar-refractivity contribution in [3.8, 4) is 5.75 Å². The second kappa shape index (κ2) is 8.54. The molecular formula is C25H23N3O5. The van der Waals surface area contributed by atoms with Gasteiger partial charge in [-0.25, -0.2) is 4.79 Å². The Morgan fingerprint density at radius 1 is 1.15 bits per heavy atom. The molecule has 0 radical (unpaired) electrons. The highest BCUT2D eigenvalue weighted by Gasteiger charge is 2.40. The van der Waals surface area contributed by atoms with Crippen LogP contribution in [0.1, 0.15) is 28.8 Å². The molecule has 8 heteroatoms. The Morgan fingerprint density at radius 2 is 1.91 bits per heavy atom. The third-order valence-electron chi connectivity index (χ3n) is 6.46. The number of non-ortho nitro benzene ring substituents is 1. The first-order chi connectivity index (χ1) is 16.0. The molecule has 0 spiro atoms. The van der Waals surface area contributed by atoms with E-state index in [2.05, 4.69) is 16.0 Å². The van der Waals surface area contributed by atoms with Crippen LogP contribution in [0.5, 0.6) is 5.75 Å². The fourth-order valence-corrected chi connectivity index (χ4v) is 4.67. The van der Waals surface area contributed by atoms with Gasteiger partial charge in [0.1, 0.15) is 11.9 Å². The molecule has 0 saturated carbocycles. The smallest absolute Gasteiger partial charge is 0.338 e. The Hall–Kier alpha value is -3.94. The Balaban J connectivity index is 1.48. The zero-order valence-corrected chi connectivity index (χ0v) is 18.1. The van der Waals surface area contributed by atoms with Gasteiger partial charge in [0.15, 0.2) is 0 Å². The number of fused-ring (bicyclic) bond motifs is 4. The Morgan fingerprint density at radius 3 is 2.61 bits per heavy atom. The molecule has 0 unspecified atom stereocenters. The second-order valence-corrected chi connectivity index (χ2v) is 8.31. The van der Waals surface area contributed by atoms with Crippen molar-refractivity contribution in [3.05, 3.63) is 81.7 Å². The molecule has 3 saturated heterocycles. The number of hydrogen-bond donors (Lipinski definition) is 0. The van der Waals surface area contributed by atoms with Crippen LogP contribution >= 0.6 is 0 Å². The minimum Gasteiger partial charge on any atom is -0.497 e. The van der Waals surface area contributed by atoms with Gasteiger partial charge in [0.25, 0.3) is 5.69 Å². The highest BCUT2D eigenvalue weighted by molar-refractivity contribution is 5.91. The van der Waals surface area contributed by atoms with Crippen LogP contribution in [0.25, 0.3) is 17.0 Å². The van der Waals surface area contributed by atoms with Gasteiger partial charge < -0.3 is 14.4 Å². The number of carbonyl (C=O) groups is 1. The lowest BCUT2D eigenvalue weighted by Gasteiger charge is -2.47. The van der Waals surface area contributed by atoms with Crippen LogP contribution in [0.15, 0.2) is 60.4 Å². The van der Waals surface area contributed by atoms with E-state index in [1.54, 1.807) is 13.3 Å². The first kappa shape index (κ1) is 20.9. The molecule has 3 aromatic rings. The lowest BCUT2D eigenvalue weighted by atomic mass is 9.82. The van der Waals surface area contributed by atoms with Crippen LogP contribution in [0.3, 0.4) is 0 Å². The van der Waals surface area contributed by atoms with E-state index in [4.69, 9.17) is 9.47 Å². The van der Waals surface area contributed by atoms with Gasteiger partial charge in [-0.1, -0.05) is 0 Å². The van der Waals surface area contributed by atoms with E-state index in [0.717, 1.165) is 53.8 Å². The first-order valence-corrected chi connectivity index (χ1v) is 10.9. The average Bonchev–Trinajstić information content (AvgIpc) is 2.86. The Kier molecular flexibility index (Phi) is 5.42. The molecule has 2 bridgehead atoms. The van der Waals surface area contributed by atoms with Crippen LogP contribution in [-0.4, -0.2) is 47.1 Å². The minimum atomic E-state index is -0.489. The SMILES string of the molecule is COc1ccc2nccc(/C=C3\[C@H](OC(=O)c4ccc([N+](=O)[O-])cc4)C4CCN3CC4)c2c1. The molecule has 3 aliphatic rings. The highest BCUT2D eigenvalue weighted by Crippen LogP contribution is 2.39. The molecule has 33 heavy (non-hydrogen) atoms. The molecule has 0 amide bonds. The monoisotopic (exact) mass is 445 g/mol. The molecule has 1 atom stereocenters. The number of esters is 1. The topological polar surface area (TPSA) is 94.8 Å².